The van der Waals surface area contributed by atoms with E-state index in [-0.39, 0.29) is 0 Å². The molecule has 1 heterocycles. The SMILES string of the molecule is Cn1cc(CN)c2cccc(C(=O)O)c21. The zero-order valence-corrected chi connectivity index (χ0v) is 8.40. The Labute approximate surface area is 86.9 Å². The number of benzene rings is 1. The van der Waals surface area contributed by atoms with Gasteiger partial charge in [-0.25, -0.2) is 4.79 Å². The van der Waals surface area contributed by atoms with E-state index >= 15 is 0 Å². The molecule has 0 radical (unpaired) electrons. The Morgan fingerprint density at radius 2 is 2.27 bits per heavy atom. The van der Waals surface area contributed by atoms with Crippen LogP contribution in [0.25, 0.3) is 10.9 Å². The number of hydrogen-bond acceptors (Lipinski definition) is 2. The topological polar surface area (TPSA) is 68.2 Å². The Hall–Kier alpha value is -1.81. The normalized spacial score (nSPS) is 10.8. The van der Waals surface area contributed by atoms with E-state index in [9.17, 15) is 4.79 Å². The maximum Gasteiger partial charge on any atom is 0.337 e. The van der Waals surface area contributed by atoms with E-state index in [4.69, 9.17) is 10.8 Å². The second kappa shape index (κ2) is 3.40. The van der Waals surface area contributed by atoms with Crippen molar-refractivity contribution in [1.29, 1.82) is 0 Å². The maximum atomic E-state index is 11.0. The lowest BCUT2D eigenvalue weighted by Crippen LogP contribution is -1.99. The highest BCUT2D eigenvalue weighted by Gasteiger charge is 2.13. The molecule has 2 aromatic rings. The third kappa shape index (κ3) is 1.39. The minimum Gasteiger partial charge on any atom is -0.478 e. The number of fused-ring (bicyclic) bond motifs is 1. The molecule has 0 saturated heterocycles. The van der Waals surface area contributed by atoms with Gasteiger partial charge in [-0.2, -0.15) is 0 Å². The van der Waals surface area contributed by atoms with E-state index < -0.39 is 5.97 Å². The molecule has 0 amide bonds. The highest BCUT2D eigenvalue weighted by molar-refractivity contribution is 6.03. The highest BCUT2D eigenvalue weighted by Crippen LogP contribution is 2.23. The molecule has 0 aliphatic carbocycles. The molecule has 1 aromatic heterocycles. The van der Waals surface area contributed by atoms with Gasteiger partial charge in [-0.05, 0) is 11.6 Å². The Morgan fingerprint density at radius 1 is 1.53 bits per heavy atom. The number of rotatable bonds is 2. The first-order valence-corrected chi connectivity index (χ1v) is 4.65. The summed E-state index contributed by atoms with van der Waals surface area (Å²) >= 11 is 0. The number of aromatic carboxylic acids is 1. The van der Waals surface area contributed by atoms with Crippen molar-refractivity contribution in [2.45, 2.75) is 6.54 Å². The number of hydrogen-bond donors (Lipinski definition) is 2. The molecule has 0 saturated carbocycles. The zero-order valence-electron chi connectivity index (χ0n) is 8.40. The summed E-state index contributed by atoms with van der Waals surface area (Å²) in [4.78, 5) is 11.0. The number of aryl methyl sites for hydroxylation is 1. The van der Waals surface area contributed by atoms with Gasteiger partial charge in [-0.1, -0.05) is 12.1 Å². The molecule has 0 unspecified atom stereocenters. The summed E-state index contributed by atoms with van der Waals surface area (Å²) in [5.74, 6) is -0.912. The minimum atomic E-state index is -0.912. The summed E-state index contributed by atoms with van der Waals surface area (Å²) in [7, 11) is 1.83. The van der Waals surface area contributed by atoms with Gasteiger partial charge in [0.1, 0.15) is 0 Å². The lowest BCUT2D eigenvalue weighted by Gasteiger charge is -2.00. The number of aromatic nitrogens is 1. The fourth-order valence-corrected chi connectivity index (χ4v) is 1.89. The molecule has 2 rings (SSSR count). The summed E-state index contributed by atoms with van der Waals surface area (Å²) in [6, 6.07) is 5.24. The van der Waals surface area contributed by atoms with Gasteiger partial charge >= 0.3 is 5.97 Å². The standard InChI is InChI=1S/C11H12N2O2/c1-13-6-7(5-12)8-3-2-4-9(10(8)13)11(14)15/h2-4,6H,5,12H2,1H3,(H,14,15). The number of nitrogens with two attached hydrogens (primary N) is 1. The van der Waals surface area contributed by atoms with Gasteiger partial charge in [0.05, 0.1) is 11.1 Å². The van der Waals surface area contributed by atoms with E-state index in [2.05, 4.69) is 0 Å². The van der Waals surface area contributed by atoms with E-state index in [1.54, 1.807) is 16.7 Å². The van der Waals surface area contributed by atoms with Crippen molar-refractivity contribution in [1.82, 2.24) is 4.57 Å². The first kappa shape index (κ1) is 9.73. The molecule has 15 heavy (non-hydrogen) atoms. The molecule has 0 bridgehead atoms. The Balaban J connectivity index is 2.86. The third-order valence-electron chi connectivity index (χ3n) is 2.53. The number of nitrogens with zero attached hydrogens (tertiary/aromatic N) is 1. The van der Waals surface area contributed by atoms with E-state index in [1.807, 2.05) is 19.3 Å². The van der Waals surface area contributed by atoms with Crippen LogP contribution >= 0.6 is 0 Å². The molecular weight excluding hydrogens is 192 g/mol. The minimum absolute atomic E-state index is 0.315. The third-order valence-corrected chi connectivity index (χ3v) is 2.53. The molecule has 4 nitrogen and oxygen atoms in total. The second-order valence-electron chi connectivity index (χ2n) is 3.48. The predicted octanol–water partition coefficient (Wildman–Crippen LogP) is 1.34. The quantitative estimate of drug-likeness (QED) is 0.775. The summed E-state index contributed by atoms with van der Waals surface area (Å²) < 4.78 is 1.81. The van der Waals surface area contributed by atoms with Crippen molar-refractivity contribution in [3.05, 3.63) is 35.5 Å². The number of carbonyl (C=O) groups is 1. The lowest BCUT2D eigenvalue weighted by atomic mass is 10.1. The number of carboxylic acid groups (broad SMARTS) is 1. The van der Waals surface area contributed by atoms with Crippen LogP contribution in [0.4, 0.5) is 0 Å². The van der Waals surface area contributed by atoms with Crippen LogP contribution in [-0.4, -0.2) is 15.6 Å². The van der Waals surface area contributed by atoms with Crippen LogP contribution in [0.3, 0.4) is 0 Å². The Kier molecular flexibility index (Phi) is 2.21. The fraction of sp³-hybridized carbons (Fsp3) is 0.182. The zero-order chi connectivity index (χ0) is 11.0. The molecule has 0 spiro atoms. The van der Waals surface area contributed by atoms with Crippen molar-refractivity contribution in [2.24, 2.45) is 12.8 Å². The fourth-order valence-electron chi connectivity index (χ4n) is 1.89. The van der Waals surface area contributed by atoms with E-state index in [0.717, 1.165) is 16.5 Å². The van der Waals surface area contributed by atoms with Gasteiger partial charge in [-0.3, -0.25) is 0 Å². The van der Waals surface area contributed by atoms with Crippen molar-refractivity contribution >= 4 is 16.9 Å². The first-order valence-electron chi connectivity index (χ1n) is 4.65. The van der Waals surface area contributed by atoms with Crippen molar-refractivity contribution in [3.63, 3.8) is 0 Å². The average molecular weight is 204 g/mol. The van der Waals surface area contributed by atoms with Gasteiger partial charge in [-0.15, -0.1) is 0 Å². The van der Waals surface area contributed by atoms with Gasteiger partial charge in [0.15, 0.2) is 0 Å². The molecule has 0 aliphatic rings. The van der Waals surface area contributed by atoms with Crippen LogP contribution in [-0.2, 0) is 13.6 Å². The second-order valence-corrected chi connectivity index (χ2v) is 3.48. The van der Waals surface area contributed by atoms with Crippen LogP contribution in [0.1, 0.15) is 15.9 Å². The van der Waals surface area contributed by atoms with Gasteiger partial charge in [0.25, 0.3) is 0 Å². The number of para-hydroxylation sites is 1. The van der Waals surface area contributed by atoms with Crippen LogP contribution in [0, 0.1) is 0 Å². The molecule has 4 heteroatoms. The smallest absolute Gasteiger partial charge is 0.337 e. The maximum absolute atomic E-state index is 11.0. The molecule has 78 valence electrons. The van der Waals surface area contributed by atoms with Gasteiger partial charge in [0.2, 0.25) is 0 Å². The van der Waals surface area contributed by atoms with Gasteiger partial charge < -0.3 is 15.4 Å². The van der Waals surface area contributed by atoms with Gasteiger partial charge in [0, 0.05) is 25.2 Å². The van der Waals surface area contributed by atoms with E-state index in [0.29, 0.717) is 12.1 Å². The van der Waals surface area contributed by atoms with Crippen molar-refractivity contribution in [3.8, 4) is 0 Å². The number of carboxylic acids is 1. The molecule has 1 aromatic carbocycles. The predicted molar refractivity (Wildman–Crippen MR) is 57.8 cm³/mol. The Bertz CT molecular complexity index is 529. The monoisotopic (exact) mass is 204 g/mol. The van der Waals surface area contributed by atoms with Crippen molar-refractivity contribution < 1.29 is 9.90 Å². The molecule has 0 fully saturated rings. The van der Waals surface area contributed by atoms with Crippen LogP contribution in [0.2, 0.25) is 0 Å². The Morgan fingerprint density at radius 3 is 2.87 bits per heavy atom. The summed E-state index contributed by atoms with van der Waals surface area (Å²) in [6.45, 7) is 0.417. The molecule has 0 aliphatic heterocycles. The van der Waals surface area contributed by atoms with Crippen LogP contribution in [0.5, 0.6) is 0 Å². The summed E-state index contributed by atoms with van der Waals surface area (Å²) in [6.07, 6.45) is 1.87. The highest BCUT2D eigenvalue weighted by atomic mass is 16.4. The van der Waals surface area contributed by atoms with Crippen molar-refractivity contribution in [2.75, 3.05) is 0 Å². The lowest BCUT2D eigenvalue weighted by molar-refractivity contribution is 0.0698. The largest absolute Gasteiger partial charge is 0.478 e. The molecule has 3 N–H and O–H groups in total. The average Bonchev–Trinajstić information content (AvgIpc) is 2.55. The van der Waals surface area contributed by atoms with Crippen LogP contribution in [0.15, 0.2) is 24.4 Å². The summed E-state index contributed by atoms with van der Waals surface area (Å²) in [5.41, 5.74) is 7.60. The molecule has 0 atom stereocenters. The van der Waals surface area contributed by atoms with Crippen LogP contribution < -0.4 is 5.73 Å². The summed E-state index contributed by atoms with van der Waals surface area (Å²) in [5, 5.41) is 9.96. The van der Waals surface area contributed by atoms with E-state index in [1.165, 1.54) is 0 Å². The first-order chi connectivity index (χ1) is 7.15. The molecular formula is C11H12N2O2.